The molecule has 0 bridgehead atoms. The van der Waals surface area contributed by atoms with E-state index < -0.39 is 5.60 Å². The summed E-state index contributed by atoms with van der Waals surface area (Å²) in [5.41, 5.74) is 5.32. The van der Waals surface area contributed by atoms with Gasteiger partial charge in [0.05, 0.1) is 10.2 Å². The Bertz CT molecular complexity index is 485. The maximum Gasteiger partial charge on any atom is 0.410 e. The third-order valence-corrected chi connectivity index (χ3v) is 4.74. The number of hydrogen-bond acceptors (Lipinski definition) is 2. The zero-order valence-corrected chi connectivity index (χ0v) is 17.2. The van der Waals surface area contributed by atoms with Gasteiger partial charge in [-0.1, -0.05) is 18.4 Å². The van der Waals surface area contributed by atoms with Crippen LogP contribution >= 0.6 is 0 Å². The molecule has 124 valence electrons. The monoisotopic (exact) mass is 321 g/mol. The predicted molar refractivity (Wildman–Crippen MR) is 95.8 cm³/mol. The molecule has 1 unspecified atom stereocenters. The average Bonchev–Trinajstić information content (AvgIpc) is 2.44. The van der Waals surface area contributed by atoms with Crippen molar-refractivity contribution in [2.24, 2.45) is 11.8 Å². The van der Waals surface area contributed by atoms with Gasteiger partial charge in [-0.25, -0.2) is 4.79 Å². The highest BCUT2D eigenvalue weighted by atomic mass is 28.1. The highest BCUT2D eigenvalue weighted by Crippen LogP contribution is 2.31. The van der Waals surface area contributed by atoms with E-state index in [4.69, 9.17) is 4.74 Å². The van der Waals surface area contributed by atoms with Crippen LogP contribution < -0.4 is 0 Å². The van der Waals surface area contributed by atoms with E-state index in [1.54, 1.807) is 0 Å². The summed E-state index contributed by atoms with van der Waals surface area (Å²) in [4.78, 5) is 13.9. The lowest BCUT2D eigenvalue weighted by molar-refractivity contribution is 0.0169. The van der Waals surface area contributed by atoms with Crippen molar-refractivity contribution < 1.29 is 9.53 Å². The Hall–Kier alpha value is -1.21. The minimum atomic E-state index is -0.417. The Kier molecular flexibility index (Phi) is 6.74. The number of piperidine rings is 1. The van der Waals surface area contributed by atoms with E-state index in [1.165, 1.54) is 11.1 Å². The minimum absolute atomic E-state index is 0.177. The molecule has 0 aliphatic carbocycles. The number of nitrogens with zero attached hydrogens (tertiary/aromatic N) is 1. The molecule has 1 amide bonds. The Morgan fingerprint density at radius 1 is 1.27 bits per heavy atom. The molecule has 0 saturated carbocycles. The summed E-state index contributed by atoms with van der Waals surface area (Å²) < 4.78 is 5.45. The number of carbonyl (C=O) groups excluding carboxylic acids is 1. The highest BCUT2D eigenvalue weighted by molar-refractivity contribution is 6.22. The highest BCUT2D eigenvalue weighted by Gasteiger charge is 2.29. The molecular formula is C18H31NO2Si. The predicted octanol–water partition coefficient (Wildman–Crippen LogP) is 2.93. The zero-order chi connectivity index (χ0) is 16.9. The van der Waals surface area contributed by atoms with Crippen molar-refractivity contribution >= 4 is 16.3 Å². The summed E-state index contributed by atoms with van der Waals surface area (Å²) in [5.74, 6) is 4.38. The van der Waals surface area contributed by atoms with E-state index >= 15 is 0 Å². The molecule has 1 rings (SSSR count). The summed E-state index contributed by atoms with van der Waals surface area (Å²) in [6.07, 6.45) is 1.91. The van der Waals surface area contributed by atoms with Gasteiger partial charge in [-0.3, -0.25) is 0 Å². The lowest BCUT2D eigenvalue weighted by Gasteiger charge is -2.36. The van der Waals surface area contributed by atoms with Crippen LogP contribution in [0.4, 0.5) is 4.79 Å². The fourth-order valence-corrected chi connectivity index (χ4v) is 3.26. The van der Waals surface area contributed by atoms with Gasteiger partial charge in [0.15, 0.2) is 0 Å². The van der Waals surface area contributed by atoms with Crippen molar-refractivity contribution in [2.45, 2.75) is 60.0 Å². The lowest BCUT2D eigenvalue weighted by Crippen LogP contribution is -2.42. The van der Waals surface area contributed by atoms with Crippen molar-refractivity contribution in [3.63, 3.8) is 0 Å². The van der Waals surface area contributed by atoms with Crippen molar-refractivity contribution in [1.82, 2.24) is 4.90 Å². The number of hydrogen-bond donors (Lipinski definition) is 0. The number of amides is 1. The van der Waals surface area contributed by atoms with Crippen molar-refractivity contribution in [3.05, 3.63) is 11.1 Å². The molecule has 0 radical (unpaired) electrons. The standard InChI is InChI=1S/C18H31NO2Si/c1-13(9-12-22)14(2)15(3)16-7-10-19(11-8-16)17(20)21-18(4,5)6/h15-16H,7-8,10-11H2,1-6,22H3. The van der Waals surface area contributed by atoms with Gasteiger partial charge in [0.25, 0.3) is 0 Å². The van der Waals surface area contributed by atoms with Crippen LogP contribution in [0.2, 0.25) is 0 Å². The molecule has 1 aliphatic rings. The molecule has 3 nitrogen and oxygen atoms in total. The molecule has 0 spiro atoms. The first-order valence-corrected chi connectivity index (χ1v) is 9.23. The SMILES string of the molecule is CC(C#C[SiH3])=C(C)C(C)C1CCN(C(=O)OC(C)(C)C)CC1. The first-order valence-electron chi connectivity index (χ1n) is 8.23. The van der Waals surface area contributed by atoms with Gasteiger partial charge in [0.2, 0.25) is 0 Å². The van der Waals surface area contributed by atoms with Crippen molar-refractivity contribution in [1.29, 1.82) is 0 Å². The third kappa shape index (κ3) is 5.53. The second-order valence-electron chi connectivity index (χ2n) is 7.28. The summed E-state index contributed by atoms with van der Waals surface area (Å²) in [7, 11) is 0.926. The average molecular weight is 322 g/mol. The maximum atomic E-state index is 12.1. The number of allylic oxidation sites excluding steroid dienone is 2. The molecule has 0 N–H and O–H groups in total. The van der Waals surface area contributed by atoms with E-state index in [9.17, 15) is 4.79 Å². The van der Waals surface area contributed by atoms with E-state index in [1.807, 2.05) is 25.7 Å². The topological polar surface area (TPSA) is 29.5 Å². The van der Waals surface area contributed by atoms with Crippen LogP contribution in [0.5, 0.6) is 0 Å². The van der Waals surface area contributed by atoms with Gasteiger partial charge in [0, 0.05) is 13.1 Å². The van der Waals surface area contributed by atoms with E-state index in [2.05, 4.69) is 32.2 Å². The van der Waals surface area contributed by atoms with Crippen molar-refractivity contribution in [2.75, 3.05) is 13.1 Å². The van der Waals surface area contributed by atoms with E-state index in [0.717, 1.165) is 36.2 Å². The number of ether oxygens (including phenoxy) is 1. The van der Waals surface area contributed by atoms with E-state index in [-0.39, 0.29) is 6.09 Å². The van der Waals surface area contributed by atoms with Gasteiger partial charge in [-0.05, 0) is 64.9 Å². The van der Waals surface area contributed by atoms with Crippen LogP contribution in [-0.2, 0) is 4.74 Å². The third-order valence-electron chi connectivity index (χ3n) is 4.49. The molecule has 4 heteroatoms. The first-order chi connectivity index (χ1) is 10.2. The molecule has 0 aromatic carbocycles. The summed E-state index contributed by atoms with van der Waals surface area (Å²) in [6.45, 7) is 13.9. The van der Waals surface area contributed by atoms with Crippen molar-refractivity contribution in [3.8, 4) is 11.5 Å². The molecule has 1 atom stereocenters. The quantitative estimate of drug-likeness (QED) is 0.578. The Labute approximate surface area is 138 Å². The van der Waals surface area contributed by atoms with E-state index in [0.29, 0.717) is 11.8 Å². The van der Waals surface area contributed by atoms with Crippen LogP contribution in [0, 0.1) is 23.3 Å². The lowest BCUT2D eigenvalue weighted by atomic mass is 9.80. The number of rotatable bonds is 2. The summed E-state index contributed by atoms with van der Waals surface area (Å²) >= 11 is 0. The second kappa shape index (κ2) is 7.87. The first kappa shape index (κ1) is 18.8. The molecule has 1 aliphatic heterocycles. The molecular weight excluding hydrogens is 290 g/mol. The van der Waals surface area contributed by atoms with Gasteiger partial charge in [-0.15, -0.1) is 5.54 Å². The van der Waals surface area contributed by atoms with Gasteiger partial charge < -0.3 is 9.64 Å². The minimum Gasteiger partial charge on any atom is -0.444 e. The molecule has 0 aromatic rings. The molecule has 1 fully saturated rings. The number of carbonyl (C=O) groups is 1. The largest absolute Gasteiger partial charge is 0.444 e. The molecule has 0 aromatic heterocycles. The zero-order valence-electron chi connectivity index (χ0n) is 15.2. The van der Waals surface area contributed by atoms with Crippen LogP contribution in [0.15, 0.2) is 11.1 Å². The second-order valence-corrected chi connectivity index (χ2v) is 7.78. The van der Waals surface area contributed by atoms with Crippen LogP contribution in [0.1, 0.15) is 54.4 Å². The fraction of sp³-hybridized carbons (Fsp3) is 0.722. The van der Waals surface area contributed by atoms with Gasteiger partial charge in [-0.2, -0.15) is 0 Å². The Balaban J connectivity index is 2.60. The van der Waals surface area contributed by atoms with Crippen LogP contribution in [-0.4, -0.2) is 39.9 Å². The normalized spacial score (nSPS) is 19.1. The maximum absolute atomic E-state index is 12.1. The van der Waals surface area contributed by atoms with Crippen LogP contribution in [0.25, 0.3) is 0 Å². The molecule has 22 heavy (non-hydrogen) atoms. The van der Waals surface area contributed by atoms with Gasteiger partial charge in [0.1, 0.15) is 5.60 Å². The summed E-state index contributed by atoms with van der Waals surface area (Å²) in [6, 6.07) is 0. The molecule has 1 saturated heterocycles. The number of likely N-dealkylation sites (tertiary alicyclic amines) is 1. The molecule has 1 heterocycles. The van der Waals surface area contributed by atoms with Crippen LogP contribution in [0.3, 0.4) is 0 Å². The fourth-order valence-electron chi connectivity index (χ4n) is 2.89. The van der Waals surface area contributed by atoms with Gasteiger partial charge >= 0.3 is 6.09 Å². The Morgan fingerprint density at radius 3 is 2.27 bits per heavy atom. The smallest absolute Gasteiger partial charge is 0.410 e. The summed E-state index contributed by atoms with van der Waals surface area (Å²) in [5, 5.41) is 0. The Morgan fingerprint density at radius 2 is 1.82 bits per heavy atom.